The van der Waals surface area contributed by atoms with Crippen molar-refractivity contribution in [1.29, 1.82) is 0 Å². The number of rotatable bonds is 9. The third-order valence-electron chi connectivity index (χ3n) is 6.28. The molecule has 0 radical (unpaired) electrons. The highest BCUT2D eigenvalue weighted by molar-refractivity contribution is 7.52. The minimum atomic E-state index is -4.75. The Balaban J connectivity index is 1.59. The van der Waals surface area contributed by atoms with Gasteiger partial charge in [0.05, 0.1) is 6.61 Å². The van der Waals surface area contributed by atoms with Crippen LogP contribution >= 0.6 is 7.75 Å². The van der Waals surface area contributed by atoms with E-state index in [1.807, 2.05) is 0 Å². The average molecular weight is 529 g/mol. The molecule has 1 saturated heterocycles. The number of ether oxygens (including phenoxy) is 2. The maximum absolute atomic E-state index is 14.7. The van der Waals surface area contributed by atoms with Crippen LogP contribution in [-0.4, -0.2) is 59.4 Å². The van der Waals surface area contributed by atoms with Gasteiger partial charge in [-0.1, -0.05) is 42.8 Å². The first-order chi connectivity index (χ1) is 17.1. The fourth-order valence-electron chi connectivity index (χ4n) is 4.30. The van der Waals surface area contributed by atoms with E-state index < -0.39 is 50.8 Å². The van der Waals surface area contributed by atoms with Crippen molar-refractivity contribution in [1.82, 2.24) is 5.09 Å². The van der Waals surface area contributed by atoms with Crippen LogP contribution in [0.4, 0.5) is 8.78 Å². The van der Waals surface area contributed by atoms with Gasteiger partial charge in [-0.3, -0.25) is 9.32 Å². The van der Waals surface area contributed by atoms with Gasteiger partial charge in [-0.25, -0.2) is 4.57 Å². The van der Waals surface area contributed by atoms with E-state index in [2.05, 4.69) is 5.09 Å². The zero-order valence-corrected chi connectivity index (χ0v) is 20.6. The zero-order chi connectivity index (χ0) is 25.9. The minimum Gasteiger partial charge on any atom is -0.461 e. The summed E-state index contributed by atoms with van der Waals surface area (Å²) in [6, 6.07) is 10.6. The maximum atomic E-state index is 14.7. The Kier molecular flexibility index (Phi) is 8.28. The Bertz CT molecular complexity index is 1110. The van der Waals surface area contributed by atoms with Gasteiger partial charge in [-0.05, 0) is 44.1 Å². The molecule has 0 amide bonds. The molecule has 1 aliphatic carbocycles. The smallest absolute Gasteiger partial charge is 0.461 e. The van der Waals surface area contributed by atoms with Gasteiger partial charge in [-0.2, -0.15) is 13.9 Å². The number of fused-ring (bicyclic) bond motifs is 1. The van der Waals surface area contributed by atoms with Crippen molar-refractivity contribution in [3.05, 3.63) is 42.5 Å². The van der Waals surface area contributed by atoms with Crippen LogP contribution in [0.2, 0.25) is 0 Å². The van der Waals surface area contributed by atoms with E-state index in [-0.39, 0.29) is 11.9 Å². The van der Waals surface area contributed by atoms with Crippen LogP contribution < -0.4 is 9.61 Å². The van der Waals surface area contributed by atoms with Crippen LogP contribution in [0.25, 0.3) is 10.8 Å². The number of aliphatic hydroxyl groups is 2. The molecule has 0 spiro atoms. The lowest BCUT2D eigenvalue weighted by atomic mass is 9.98. The molecule has 5 atom stereocenters. The van der Waals surface area contributed by atoms with Gasteiger partial charge in [-0.15, -0.1) is 0 Å². The molecule has 2 aromatic carbocycles. The monoisotopic (exact) mass is 529 g/mol. The molecular weight excluding hydrogens is 499 g/mol. The molecule has 1 heterocycles. The molecule has 4 rings (SSSR count). The number of carbonyl (C=O) groups is 1. The van der Waals surface area contributed by atoms with Gasteiger partial charge in [0.1, 0.15) is 24.0 Å². The molecule has 1 saturated carbocycles. The third kappa shape index (κ3) is 5.88. The molecule has 3 N–H and O–H groups in total. The molecule has 9 nitrogen and oxygen atoms in total. The second-order valence-corrected chi connectivity index (χ2v) is 10.7. The van der Waals surface area contributed by atoms with Crippen molar-refractivity contribution in [2.75, 3.05) is 6.61 Å². The highest BCUT2D eigenvalue weighted by atomic mass is 31.2. The van der Waals surface area contributed by atoms with Gasteiger partial charge in [0, 0.05) is 5.39 Å². The Hall–Kier alpha value is -2.14. The molecule has 12 heteroatoms. The minimum absolute atomic E-state index is 0.0531. The van der Waals surface area contributed by atoms with Gasteiger partial charge in [0.15, 0.2) is 6.10 Å². The standard InChI is InChI=1S/C24H30F2NO8P/c1-15(22(30)32-17-10-3-2-4-11-17)27-36(31,35-23-24(25,26)21(29)20(14-28)33-23)34-19-13-7-9-16-8-5-6-12-18(16)19/h5-9,12-13,15,17,20-21,23,28-29H,2-4,10-11,14H2,1H3,(H,27,31)/t15-,20+,21+,23+,36?/m0/s1. The molecule has 36 heavy (non-hydrogen) atoms. The average Bonchev–Trinajstić information content (AvgIpc) is 3.07. The Morgan fingerprint density at radius 1 is 1.19 bits per heavy atom. The van der Waals surface area contributed by atoms with Crippen molar-refractivity contribution in [2.24, 2.45) is 0 Å². The first-order valence-electron chi connectivity index (χ1n) is 11.9. The second-order valence-electron chi connectivity index (χ2n) is 9.03. The first-order valence-corrected chi connectivity index (χ1v) is 13.4. The summed E-state index contributed by atoms with van der Waals surface area (Å²) in [4.78, 5) is 12.7. The van der Waals surface area contributed by atoms with E-state index in [9.17, 15) is 28.4 Å². The summed E-state index contributed by atoms with van der Waals surface area (Å²) in [6.45, 7) is 0.440. The SMILES string of the molecule is C[C@H](NP(=O)(Oc1cccc2ccccc12)O[C@H]1O[C@H](CO)[C@@H](O)C1(F)F)C(=O)OC1CCCCC1. The Morgan fingerprint density at radius 2 is 1.89 bits per heavy atom. The normalized spacial score (nSPS) is 26.9. The maximum Gasteiger partial charge on any atom is 0.462 e. The predicted octanol–water partition coefficient (Wildman–Crippen LogP) is 3.91. The summed E-state index contributed by atoms with van der Waals surface area (Å²) in [6.07, 6.45) is -2.53. The number of hydrogen-bond donors (Lipinski definition) is 3. The van der Waals surface area contributed by atoms with E-state index >= 15 is 0 Å². The fraction of sp³-hybridized carbons (Fsp3) is 0.542. The second kappa shape index (κ2) is 11.1. The Labute approximate surface area is 207 Å². The fourth-order valence-corrected chi connectivity index (χ4v) is 5.89. The number of hydrogen-bond acceptors (Lipinski definition) is 8. The number of esters is 1. The molecule has 2 aromatic rings. The van der Waals surface area contributed by atoms with Crippen molar-refractivity contribution in [3.63, 3.8) is 0 Å². The van der Waals surface area contributed by atoms with Gasteiger partial charge >= 0.3 is 19.6 Å². The van der Waals surface area contributed by atoms with Crippen LogP contribution in [-0.2, 0) is 23.4 Å². The number of benzene rings is 2. The van der Waals surface area contributed by atoms with E-state index in [4.69, 9.17) is 18.5 Å². The lowest BCUT2D eigenvalue weighted by molar-refractivity contribution is -0.188. The molecule has 1 unspecified atom stereocenters. The lowest BCUT2D eigenvalue weighted by Crippen LogP contribution is -2.43. The first kappa shape index (κ1) is 26.9. The molecule has 1 aliphatic heterocycles. The highest BCUT2D eigenvalue weighted by Gasteiger charge is 2.61. The van der Waals surface area contributed by atoms with E-state index in [0.29, 0.717) is 18.2 Å². The van der Waals surface area contributed by atoms with E-state index in [1.54, 1.807) is 36.4 Å². The zero-order valence-electron chi connectivity index (χ0n) is 19.7. The number of halogens is 2. The van der Waals surface area contributed by atoms with Crippen LogP contribution in [0.3, 0.4) is 0 Å². The quantitative estimate of drug-likeness (QED) is 0.328. The molecule has 0 bridgehead atoms. The Morgan fingerprint density at radius 3 is 2.58 bits per heavy atom. The van der Waals surface area contributed by atoms with Crippen LogP contribution in [0.1, 0.15) is 39.0 Å². The van der Waals surface area contributed by atoms with Crippen molar-refractivity contribution < 1.29 is 46.9 Å². The van der Waals surface area contributed by atoms with Crippen molar-refractivity contribution >= 4 is 24.5 Å². The largest absolute Gasteiger partial charge is 0.462 e. The molecule has 2 aliphatic rings. The van der Waals surface area contributed by atoms with Crippen LogP contribution in [0.15, 0.2) is 42.5 Å². The number of aliphatic hydroxyl groups excluding tert-OH is 2. The lowest BCUT2D eigenvalue weighted by Gasteiger charge is -2.28. The molecule has 2 fully saturated rings. The van der Waals surface area contributed by atoms with Gasteiger partial charge < -0.3 is 24.2 Å². The van der Waals surface area contributed by atoms with E-state index in [1.165, 1.54) is 13.0 Å². The molecule has 0 aromatic heterocycles. The van der Waals surface area contributed by atoms with Crippen molar-refractivity contribution in [2.45, 2.75) is 75.6 Å². The van der Waals surface area contributed by atoms with Crippen LogP contribution in [0, 0.1) is 0 Å². The van der Waals surface area contributed by atoms with Gasteiger partial charge in [0.25, 0.3) is 0 Å². The summed E-state index contributed by atoms with van der Waals surface area (Å²) >= 11 is 0. The van der Waals surface area contributed by atoms with E-state index in [0.717, 1.165) is 24.6 Å². The summed E-state index contributed by atoms with van der Waals surface area (Å²) in [5.41, 5.74) is 0. The van der Waals surface area contributed by atoms with Crippen molar-refractivity contribution in [3.8, 4) is 5.75 Å². The van der Waals surface area contributed by atoms with Gasteiger partial charge in [0.2, 0.25) is 6.29 Å². The third-order valence-corrected chi connectivity index (χ3v) is 7.89. The van der Waals surface area contributed by atoms with Crippen LogP contribution in [0.5, 0.6) is 5.75 Å². The number of carbonyl (C=O) groups excluding carboxylic acids is 1. The summed E-state index contributed by atoms with van der Waals surface area (Å²) < 4.78 is 64.4. The predicted molar refractivity (Wildman–Crippen MR) is 126 cm³/mol. The topological polar surface area (TPSA) is 124 Å². The highest BCUT2D eigenvalue weighted by Crippen LogP contribution is 2.52. The summed E-state index contributed by atoms with van der Waals surface area (Å²) in [5.74, 6) is -4.70. The summed E-state index contributed by atoms with van der Waals surface area (Å²) in [5, 5.41) is 22.7. The molecule has 198 valence electrons. The summed E-state index contributed by atoms with van der Waals surface area (Å²) in [7, 11) is -4.75. The number of nitrogens with one attached hydrogen (secondary N) is 1. The number of alkyl halides is 2. The molecular formula is C24H30F2NO8P.